The molecule has 1 heterocycles. The Morgan fingerprint density at radius 2 is 2.04 bits per heavy atom. The van der Waals surface area contributed by atoms with E-state index in [2.05, 4.69) is 5.32 Å². The van der Waals surface area contributed by atoms with Crippen LogP contribution >= 0.6 is 0 Å². The maximum absolute atomic E-state index is 12.2. The van der Waals surface area contributed by atoms with Gasteiger partial charge in [-0.25, -0.2) is 0 Å². The highest BCUT2D eigenvalue weighted by molar-refractivity contribution is 5.95. The molecule has 0 saturated carbocycles. The van der Waals surface area contributed by atoms with Crippen molar-refractivity contribution in [3.8, 4) is 11.5 Å². The number of rotatable bonds is 4. The maximum Gasteiger partial charge on any atom is 0.292 e. The van der Waals surface area contributed by atoms with E-state index in [9.17, 15) is 14.9 Å². The van der Waals surface area contributed by atoms with E-state index in [0.717, 1.165) is 11.6 Å². The monoisotopic (exact) mass is 329 g/mol. The largest absolute Gasteiger partial charge is 0.486 e. The Kier molecular flexibility index (Phi) is 4.19. The molecule has 0 atom stereocenters. The van der Waals surface area contributed by atoms with Gasteiger partial charge in [-0.2, -0.15) is 0 Å². The van der Waals surface area contributed by atoms with Gasteiger partial charge in [-0.05, 0) is 18.2 Å². The van der Waals surface area contributed by atoms with Crippen molar-refractivity contribution in [1.29, 1.82) is 0 Å². The van der Waals surface area contributed by atoms with Crippen molar-refractivity contribution in [3.63, 3.8) is 0 Å². The summed E-state index contributed by atoms with van der Waals surface area (Å²) in [5, 5.41) is 13.6. The number of benzene rings is 2. The lowest BCUT2D eigenvalue weighted by Crippen LogP contribution is -2.24. The molecule has 0 aromatic heterocycles. The number of ether oxygens (including phenoxy) is 2. The fourth-order valence-electron chi connectivity index (χ4n) is 2.39. The van der Waals surface area contributed by atoms with E-state index in [4.69, 9.17) is 15.2 Å². The predicted molar refractivity (Wildman–Crippen MR) is 86.1 cm³/mol. The molecule has 2 aromatic rings. The molecular formula is C16H15N3O5. The summed E-state index contributed by atoms with van der Waals surface area (Å²) in [6.07, 6.45) is 0. The molecule has 0 saturated heterocycles. The van der Waals surface area contributed by atoms with Crippen LogP contribution in [0, 0.1) is 10.1 Å². The molecule has 1 aliphatic rings. The van der Waals surface area contributed by atoms with E-state index >= 15 is 0 Å². The number of nitro groups is 1. The molecule has 0 bridgehead atoms. The second kappa shape index (κ2) is 6.45. The summed E-state index contributed by atoms with van der Waals surface area (Å²) in [4.78, 5) is 22.5. The van der Waals surface area contributed by atoms with E-state index in [1.165, 1.54) is 12.1 Å². The van der Waals surface area contributed by atoms with Gasteiger partial charge in [0, 0.05) is 23.7 Å². The Balaban J connectivity index is 1.75. The van der Waals surface area contributed by atoms with Crippen molar-refractivity contribution in [1.82, 2.24) is 5.32 Å². The van der Waals surface area contributed by atoms with Crippen LogP contribution in [0.2, 0.25) is 0 Å². The average Bonchev–Trinajstić information content (AvgIpc) is 2.59. The number of nitrogens with one attached hydrogen (secondary N) is 1. The zero-order chi connectivity index (χ0) is 17.1. The molecule has 1 amide bonds. The number of nitrogens with zero attached hydrogens (tertiary/aromatic N) is 1. The minimum atomic E-state index is -0.620. The molecule has 0 unspecified atom stereocenters. The average molecular weight is 329 g/mol. The van der Waals surface area contributed by atoms with Crippen LogP contribution in [0.4, 0.5) is 11.4 Å². The van der Waals surface area contributed by atoms with Crippen LogP contribution in [0.15, 0.2) is 36.4 Å². The first-order valence-corrected chi connectivity index (χ1v) is 7.26. The maximum atomic E-state index is 12.2. The minimum absolute atomic E-state index is 0.0132. The lowest BCUT2D eigenvalue weighted by Gasteiger charge is -2.21. The Morgan fingerprint density at radius 3 is 2.83 bits per heavy atom. The summed E-state index contributed by atoms with van der Waals surface area (Å²) in [7, 11) is 0. The highest BCUT2D eigenvalue weighted by Crippen LogP contribution is 2.33. The second-order valence-electron chi connectivity index (χ2n) is 5.15. The van der Waals surface area contributed by atoms with Crippen LogP contribution in [0.3, 0.4) is 0 Å². The zero-order valence-corrected chi connectivity index (χ0v) is 12.7. The molecule has 2 aromatic carbocycles. The van der Waals surface area contributed by atoms with Crippen molar-refractivity contribution in [2.75, 3.05) is 18.9 Å². The molecule has 3 N–H and O–H groups in total. The van der Waals surface area contributed by atoms with Gasteiger partial charge in [0.15, 0.2) is 11.5 Å². The fraction of sp³-hybridized carbons (Fsp3) is 0.188. The van der Waals surface area contributed by atoms with Crippen LogP contribution in [-0.2, 0) is 6.54 Å². The number of carbonyl (C=O) groups is 1. The molecule has 0 spiro atoms. The summed E-state index contributed by atoms with van der Waals surface area (Å²) >= 11 is 0. The Hall–Kier alpha value is -3.29. The molecule has 8 heteroatoms. The van der Waals surface area contributed by atoms with Gasteiger partial charge >= 0.3 is 0 Å². The van der Waals surface area contributed by atoms with Gasteiger partial charge in [0.2, 0.25) is 0 Å². The van der Waals surface area contributed by atoms with Crippen LogP contribution in [-0.4, -0.2) is 24.0 Å². The van der Waals surface area contributed by atoms with Crippen LogP contribution < -0.4 is 20.5 Å². The molecule has 24 heavy (non-hydrogen) atoms. The Labute approximate surface area is 137 Å². The zero-order valence-electron chi connectivity index (χ0n) is 12.7. The summed E-state index contributed by atoms with van der Waals surface area (Å²) < 4.78 is 11.1. The predicted octanol–water partition coefficient (Wildman–Crippen LogP) is 1.88. The first kappa shape index (κ1) is 15.6. The molecule has 3 rings (SSSR count). The van der Waals surface area contributed by atoms with Gasteiger partial charge in [-0.3, -0.25) is 14.9 Å². The molecule has 124 valence electrons. The molecule has 8 nitrogen and oxygen atoms in total. The summed E-state index contributed by atoms with van der Waals surface area (Å²) in [5.74, 6) is 0.802. The summed E-state index contributed by atoms with van der Waals surface area (Å²) in [6, 6.07) is 9.36. The van der Waals surface area contributed by atoms with Gasteiger partial charge in [-0.1, -0.05) is 12.1 Å². The smallest absolute Gasteiger partial charge is 0.292 e. The first-order chi connectivity index (χ1) is 11.6. The molecule has 1 aliphatic heterocycles. The van der Waals surface area contributed by atoms with Crippen LogP contribution in [0.1, 0.15) is 15.9 Å². The third-order valence-electron chi connectivity index (χ3n) is 3.58. The summed E-state index contributed by atoms with van der Waals surface area (Å²) in [5.41, 5.74) is 6.18. The fourth-order valence-corrected chi connectivity index (χ4v) is 2.39. The van der Waals surface area contributed by atoms with Crippen molar-refractivity contribution in [3.05, 3.63) is 57.6 Å². The standard InChI is InChI=1S/C16H15N3O5/c17-12-5-4-10(8-13(12)19(21)22)16(20)18-9-11-2-1-3-14-15(11)24-7-6-23-14/h1-5,8H,6-7,9,17H2,(H,18,20). The van der Waals surface area contributed by atoms with Gasteiger partial charge in [-0.15, -0.1) is 0 Å². The number of hydrogen-bond donors (Lipinski definition) is 2. The van der Waals surface area contributed by atoms with E-state index in [0.29, 0.717) is 24.7 Å². The quantitative estimate of drug-likeness (QED) is 0.502. The third-order valence-corrected chi connectivity index (χ3v) is 3.58. The van der Waals surface area contributed by atoms with Gasteiger partial charge < -0.3 is 20.5 Å². The molecule has 0 fully saturated rings. The van der Waals surface area contributed by atoms with E-state index in [1.54, 1.807) is 6.07 Å². The number of nitrogens with two attached hydrogens (primary N) is 1. The number of nitro benzene ring substituents is 1. The highest BCUT2D eigenvalue weighted by atomic mass is 16.6. The topological polar surface area (TPSA) is 117 Å². The van der Waals surface area contributed by atoms with E-state index in [-0.39, 0.29) is 23.5 Å². The number of nitrogen functional groups attached to an aromatic ring is 1. The van der Waals surface area contributed by atoms with Crippen molar-refractivity contribution in [2.24, 2.45) is 0 Å². The number of para-hydroxylation sites is 1. The number of anilines is 1. The SMILES string of the molecule is Nc1ccc(C(=O)NCc2cccc3c2OCCO3)cc1[N+](=O)[O-]. The van der Waals surface area contributed by atoms with Crippen LogP contribution in [0.5, 0.6) is 11.5 Å². The Morgan fingerprint density at radius 1 is 1.25 bits per heavy atom. The number of hydrogen-bond acceptors (Lipinski definition) is 6. The van der Waals surface area contributed by atoms with Gasteiger partial charge in [0.25, 0.3) is 11.6 Å². The second-order valence-corrected chi connectivity index (χ2v) is 5.15. The van der Waals surface area contributed by atoms with Gasteiger partial charge in [0.05, 0.1) is 4.92 Å². The lowest BCUT2D eigenvalue weighted by molar-refractivity contribution is -0.383. The molecule has 0 aliphatic carbocycles. The minimum Gasteiger partial charge on any atom is -0.486 e. The van der Waals surface area contributed by atoms with Gasteiger partial charge in [0.1, 0.15) is 18.9 Å². The first-order valence-electron chi connectivity index (χ1n) is 7.26. The normalized spacial score (nSPS) is 12.5. The number of amides is 1. The van der Waals surface area contributed by atoms with E-state index in [1.807, 2.05) is 12.1 Å². The molecule has 0 radical (unpaired) electrons. The van der Waals surface area contributed by atoms with E-state index < -0.39 is 10.8 Å². The molecular weight excluding hydrogens is 314 g/mol. The lowest BCUT2D eigenvalue weighted by atomic mass is 10.1. The summed E-state index contributed by atoms with van der Waals surface area (Å²) in [6.45, 7) is 1.14. The third kappa shape index (κ3) is 3.07. The highest BCUT2D eigenvalue weighted by Gasteiger charge is 2.18. The van der Waals surface area contributed by atoms with Crippen LogP contribution in [0.25, 0.3) is 0 Å². The van der Waals surface area contributed by atoms with Crippen molar-refractivity contribution >= 4 is 17.3 Å². The van der Waals surface area contributed by atoms with Crippen molar-refractivity contribution in [2.45, 2.75) is 6.54 Å². The number of carbonyl (C=O) groups excluding carboxylic acids is 1. The Bertz CT molecular complexity index is 806. The van der Waals surface area contributed by atoms with Crippen molar-refractivity contribution < 1.29 is 19.2 Å². The number of fused-ring (bicyclic) bond motifs is 1.